The van der Waals surface area contributed by atoms with Gasteiger partial charge in [0.1, 0.15) is 11.5 Å². The Labute approximate surface area is 149 Å². The molecule has 128 valence electrons. The van der Waals surface area contributed by atoms with Crippen LogP contribution in [0.4, 0.5) is 4.39 Å². The fraction of sp³-hybridized carbons (Fsp3) is 0.158. The van der Waals surface area contributed by atoms with E-state index in [0.29, 0.717) is 28.6 Å². The first-order valence-corrected chi connectivity index (χ1v) is 8.19. The summed E-state index contributed by atoms with van der Waals surface area (Å²) in [5, 5.41) is 3.16. The smallest absolute Gasteiger partial charge is 0.220 e. The largest absolute Gasteiger partial charge is 0.463 e. The lowest BCUT2D eigenvalue weighted by Gasteiger charge is -2.08. The average Bonchev–Trinajstić information content (AvgIpc) is 3.14. The number of hydrogen-bond acceptors (Lipinski definition) is 3. The third-order valence-electron chi connectivity index (χ3n) is 3.75. The molecule has 2 heterocycles. The Morgan fingerprint density at radius 3 is 2.88 bits per heavy atom. The molecular formula is C19H16ClFN2O2. The number of halogens is 2. The summed E-state index contributed by atoms with van der Waals surface area (Å²) in [5.74, 6) is 0.107. The molecule has 0 unspecified atom stereocenters. The third-order valence-corrected chi connectivity index (χ3v) is 4.11. The molecule has 0 fully saturated rings. The first kappa shape index (κ1) is 17.2. The van der Waals surface area contributed by atoms with Crippen LogP contribution < -0.4 is 5.32 Å². The van der Waals surface area contributed by atoms with Gasteiger partial charge in [0.25, 0.3) is 0 Å². The van der Waals surface area contributed by atoms with Crippen molar-refractivity contribution in [3.63, 3.8) is 0 Å². The SMILES string of the molecule is O=C(CCc1c(F)cccc1Cl)NCc1ccnc(-c2ccco2)c1. The van der Waals surface area contributed by atoms with E-state index in [1.54, 1.807) is 30.7 Å². The maximum absolute atomic E-state index is 13.7. The van der Waals surface area contributed by atoms with Crippen LogP contribution in [-0.2, 0) is 17.8 Å². The van der Waals surface area contributed by atoms with Crippen LogP contribution in [0.1, 0.15) is 17.5 Å². The molecule has 0 aliphatic carbocycles. The van der Waals surface area contributed by atoms with E-state index in [0.717, 1.165) is 5.56 Å². The second-order valence-corrected chi connectivity index (χ2v) is 5.91. The molecule has 3 aromatic rings. The van der Waals surface area contributed by atoms with Crippen LogP contribution in [0.5, 0.6) is 0 Å². The molecule has 6 heteroatoms. The number of benzene rings is 1. The van der Waals surface area contributed by atoms with Gasteiger partial charge < -0.3 is 9.73 Å². The van der Waals surface area contributed by atoms with Crippen molar-refractivity contribution in [1.29, 1.82) is 0 Å². The molecule has 25 heavy (non-hydrogen) atoms. The Morgan fingerprint density at radius 1 is 1.24 bits per heavy atom. The van der Waals surface area contributed by atoms with Crippen LogP contribution in [0.15, 0.2) is 59.3 Å². The van der Waals surface area contributed by atoms with E-state index in [1.165, 1.54) is 6.07 Å². The Bertz CT molecular complexity index is 845. The molecule has 1 amide bonds. The predicted molar refractivity (Wildman–Crippen MR) is 93.5 cm³/mol. The van der Waals surface area contributed by atoms with Crippen LogP contribution in [0.2, 0.25) is 5.02 Å². The first-order chi connectivity index (χ1) is 12.1. The average molecular weight is 359 g/mol. The number of nitrogens with zero attached hydrogens (tertiary/aromatic N) is 1. The highest BCUT2D eigenvalue weighted by Crippen LogP contribution is 2.20. The van der Waals surface area contributed by atoms with E-state index in [2.05, 4.69) is 10.3 Å². The van der Waals surface area contributed by atoms with Gasteiger partial charge in [0.15, 0.2) is 5.76 Å². The van der Waals surface area contributed by atoms with Gasteiger partial charge in [-0.25, -0.2) is 4.39 Å². The summed E-state index contributed by atoms with van der Waals surface area (Å²) in [6.45, 7) is 0.361. The van der Waals surface area contributed by atoms with Crippen molar-refractivity contribution < 1.29 is 13.6 Å². The summed E-state index contributed by atoms with van der Waals surface area (Å²) >= 11 is 5.96. The summed E-state index contributed by atoms with van der Waals surface area (Å²) in [7, 11) is 0. The number of hydrogen-bond donors (Lipinski definition) is 1. The molecule has 0 saturated carbocycles. The highest BCUT2D eigenvalue weighted by molar-refractivity contribution is 6.31. The maximum atomic E-state index is 13.7. The highest BCUT2D eigenvalue weighted by Gasteiger charge is 2.10. The maximum Gasteiger partial charge on any atom is 0.220 e. The van der Waals surface area contributed by atoms with Crippen LogP contribution >= 0.6 is 11.6 Å². The Morgan fingerprint density at radius 2 is 2.12 bits per heavy atom. The van der Waals surface area contributed by atoms with Crippen molar-refractivity contribution in [3.05, 3.63) is 76.9 Å². The molecule has 0 bridgehead atoms. The summed E-state index contributed by atoms with van der Waals surface area (Å²) in [6, 6.07) is 11.8. The van der Waals surface area contributed by atoms with Gasteiger partial charge in [-0.1, -0.05) is 17.7 Å². The van der Waals surface area contributed by atoms with E-state index < -0.39 is 5.82 Å². The monoisotopic (exact) mass is 358 g/mol. The molecule has 0 spiro atoms. The number of amides is 1. The van der Waals surface area contributed by atoms with Gasteiger partial charge in [0, 0.05) is 29.7 Å². The lowest BCUT2D eigenvalue weighted by molar-refractivity contribution is -0.121. The summed E-state index contributed by atoms with van der Waals surface area (Å²) in [6.07, 6.45) is 3.67. The van der Waals surface area contributed by atoms with E-state index in [1.807, 2.05) is 18.2 Å². The van der Waals surface area contributed by atoms with Crippen molar-refractivity contribution in [2.24, 2.45) is 0 Å². The van der Waals surface area contributed by atoms with Gasteiger partial charge in [-0.2, -0.15) is 0 Å². The third kappa shape index (κ3) is 4.45. The molecular weight excluding hydrogens is 343 g/mol. The number of carbonyl (C=O) groups is 1. The zero-order valence-electron chi connectivity index (χ0n) is 13.3. The zero-order chi connectivity index (χ0) is 17.6. The fourth-order valence-electron chi connectivity index (χ4n) is 2.44. The van der Waals surface area contributed by atoms with Crippen LogP contribution in [0.3, 0.4) is 0 Å². The number of rotatable bonds is 6. The molecule has 3 rings (SSSR count). The molecule has 4 nitrogen and oxygen atoms in total. The molecule has 0 aliphatic heterocycles. The normalized spacial score (nSPS) is 10.6. The van der Waals surface area contributed by atoms with Gasteiger partial charge in [-0.3, -0.25) is 9.78 Å². The first-order valence-electron chi connectivity index (χ1n) is 7.82. The van der Waals surface area contributed by atoms with Crippen molar-refractivity contribution >= 4 is 17.5 Å². The van der Waals surface area contributed by atoms with Crippen molar-refractivity contribution in [3.8, 4) is 11.5 Å². The van der Waals surface area contributed by atoms with E-state index in [4.69, 9.17) is 16.0 Å². The lowest BCUT2D eigenvalue weighted by atomic mass is 10.1. The lowest BCUT2D eigenvalue weighted by Crippen LogP contribution is -2.23. The molecule has 1 N–H and O–H groups in total. The summed E-state index contributed by atoms with van der Waals surface area (Å²) in [4.78, 5) is 16.3. The number of carbonyl (C=O) groups excluding carboxylic acids is 1. The molecule has 0 atom stereocenters. The quantitative estimate of drug-likeness (QED) is 0.711. The van der Waals surface area contributed by atoms with Crippen molar-refractivity contribution in [2.75, 3.05) is 0 Å². The minimum atomic E-state index is -0.391. The second kappa shape index (κ2) is 7.94. The molecule has 0 radical (unpaired) electrons. The van der Waals surface area contributed by atoms with Crippen LogP contribution in [-0.4, -0.2) is 10.9 Å². The standard InChI is InChI=1S/C19H16ClFN2O2/c20-15-3-1-4-16(21)14(15)6-7-19(24)23-12-13-8-9-22-17(11-13)18-5-2-10-25-18/h1-5,8-11H,6-7,12H2,(H,23,24). The Hall–Kier alpha value is -2.66. The summed E-state index contributed by atoms with van der Waals surface area (Å²) in [5.41, 5.74) is 1.97. The fourth-order valence-corrected chi connectivity index (χ4v) is 2.70. The van der Waals surface area contributed by atoms with Gasteiger partial charge in [-0.15, -0.1) is 0 Å². The van der Waals surface area contributed by atoms with Crippen LogP contribution in [0, 0.1) is 5.82 Å². The molecule has 0 saturated heterocycles. The number of aromatic nitrogens is 1. The molecule has 1 aromatic carbocycles. The Kier molecular flexibility index (Phi) is 5.46. The van der Waals surface area contributed by atoms with E-state index >= 15 is 0 Å². The zero-order valence-corrected chi connectivity index (χ0v) is 14.1. The molecule has 0 aliphatic rings. The minimum Gasteiger partial charge on any atom is -0.463 e. The predicted octanol–water partition coefficient (Wildman–Crippen LogP) is 4.38. The molecule has 2 aromatic heterocycles. The Balaban J connectivity index is 1.55. The van der Waals surface area contributed by atoms with Gasteiger partial charge >= 0.3 is 0 Å². The van der Waals surface area contributed by atoms with Crippen LogP contribution in [0.25, 0.3) is 11.5 Å². The number of pyridine rings is 1. The van der Waals surface area contributed by atoms with Crippen molar-refractivity contribution in [1.82, 2.24) is 10.3 Å². The van der Waals surface area contributed by atoms with Gasteiger partial charge in [-0.05, 0) is 48.4 Å². The number of nitrogens with one attached hydrogen (secondary N) is 1. The van der Waals surface area contributed by atoms with Crippen molar-refractivity contribution in [2.45, 2.75) is 19.4 Å². The summed E-state index contributed by atoms with van der Waals surface area (Å²) < 4.78 is 19.0. The minimum absolute atomic E-state index is 0.163. The van der Waals surface area contributed by atoms with E-state index in [-0.39, 0.29) is 18.7 Å². The second-order valence-electron chi connectivity index (χ2n) is 5.50. The van der Waals surface area contributed by atoms with Gasteiger partial charge in [0.05, 0.1) is 6.26 Å². The topological polar surface area (TPSA) is 55.1 Å². The number of furan rings is 1. The van der Waals surface area contributed by atoms with E-state index in [9.17, 15) is 9.18 Å². The highest BCUT2D eigenvalue weighted by atomic mass is 35.5. The van der Waals surface area contributed by atoms with Gasteiger partial charge in [0.2, 0.25) is 5.91 Å².